The lowest BCUT2D eigenvalue weighted by molar-refractivity contribution is -0.115. The zero-order chi connectivity index (χ0) is 18.9. The van der Waals surface area contributed by atoms with Crippen molar-refractivity contribution in [2.75, 3.05) is 13.1 Å². The van der Waals surface area contributed by atoms with Gasteiger partial charge in [-0.2, -0.15) is 0 Å². The van der Waals surface area contributed by atoms with E-state index < -0.39 is 5.60 Å². The van der Waals surface area contributed by atoms with Crippen LogP contribution in [0.4, 0.5) is 0 Å². The third kappa shape index (κ3) is 4.00. The highest BCUT2D eigenvalue weighted by atomic mass is 16.7. The van der Waals surface area contributed by atoms with Crippen molar-refractivity contribution in [3.63, 3.8) is 0 Å². The van der Waals surface area contributed by atoms with Crippen molar-refractivity contribution in [3.8, 4) is 0 Å². The van der Waals surface area contributed by atoms with E-state index in [0.29, 0.717) is 24.4 Å². The topological polar surface area (TPSA) is 92.8 Å². The second kappa shape index (κ2) is 7.11. The summed E-state index contributed by atoms with van der Waals surface area (Å²) in [7, 11) is 0. The number of likely N-dealkylation sites (tertiary alicyclic amines) is 1. The Balaban J connectivity index is 1.28. The Morgan fingerprint density at radius 2 is 2.19 bits per heavy atom. The number of oxime groups is 1. The molecule has 0 radical (unpaired) electrons. The quantitative estimate of drug-likeness (QED) is 0.863. The monoisotopic (exact) mass is 369 g/mol. The minimum absolute atomic E-state index is 0.214. The average molecular weight is 369 g/mol. The summed E-state index contributed by atoms with van der Waals surface area (Å²) in [4.78, 5) is 28.8. The Morgan fingerprint density at radius 3 is 2.93 bits per heavy atom. The SMILES string of the molecule is Cc1cnc(CNC(=O)C2=NO[C@@]3(CCN(Cc4ccc(C)o4)C3)C2)cn1. The number of aryl methyl sites for hydroxylation is 2. The molecule has 142 valence electrons. The lowest BCUT2D eigenvalue weighted by Crippen LogP contribution is -2.36. The zero-order valence-corrected chi connectivity index (χ0v) is 15.6. The van der Waals surface area contributed by atoms with E-state index in [-0.39, 0.29) is 5.91 Å². The molecular formula is C19H23N5O3. The van der Waals surface area contributed by atoms with Gasteiger partial charge in [0.1, 0.15) is 17.2 Å². The summed E-state index contributed by atoms with van der Waals surface area (Å²) < 4.78 is 5.65. The van der Waals surface area contributed by atoms with E-state index in [1.807, 2.05) is 26.0 Å². The molecule has 27 heavy (non-hydrogen) atoms. The molecule has 1 saturated heterocycles. The van der Waals surface area contributed by atoms with Gasteiger partial charge in [0.2, 0.25) is 0 Å². The number of aromatic nitrogens is 2. The first-order valence-corrected chi connectivity index (χ1v) is 9.10. The van der Waals surface area contributed by atoms with Crippen LogP contribution >= 0.6 is 0 Å². The highest BCUT2D eigenvalue weighted by molar-refractivity contribution is 6.39. The number of amides is 1. The number of hydrogen-bond donors (Lipinski definition) is 1. The number of nitrogens with zero attached hydrogens (tertiary/aromatic N) is 4. The average Bonchev–Trinajstić information content (AvgIpc) is 3.36. The van der Waals surface area contributed by atoms with E-state index in [0.717, 1.165) is 43.3 Å². The van der Waals surface area contributed by atoms with E-state index in [2.05, 4.69) is 25.3 Å². The number of rotatable bonds is 5. The van der Waals surface area contributed by atoms with Gasteiger partial charge in [-0.15, -0.1) is 0 Å². The van der Waals surface area contributed by atoms with Gasteiger partial charge in [0, 0.05) is 32.1 Å². The molecule has 1 spiro atoms. The largest absolute Gasteiger partial charge is 0.465 e. The number of carbonyl (C=O) groups is 1. The summed E-state index contributed by atoms with van der Waals surface area (Å²) in [6.45, 7) is 6.50. The van der Waals surface area contributed by atoms with Gasteiger partial charge in [-0.05, 0) is 26.0 Å². The summed E-state index contributed by atoms with van der Waals surface area (Å²) in [5.41, 5.74) is 1.59. The first kappa shape index (κ1) is 17.7. The smallest absolute Gasteiger partial charge is 0.269 e. The lowest BCUT2D eigenvalue weighted by Gasteiger charge is -2.21. The van der Waals surface area contributed by atoms with Crippen molar-refractivity contribution >= 4 is 11.6 Å². The fourth-order valence-electron chi connectivity index (χ4n) is 3.50. The van der Waals surface area contributed by atoms with Gasteiger partial charge in [-0.1, -0.05) is 5.16 Å². The van der Waals surface area contributed by atoms with Crippen LogP contribution in [-0.4, -0.2) is 45.2 Å². The summed E-state index contributed by atoms with van der Waals surface area (Å²) in [5.74, 6) is 1.64. The Kier molecular flexibility index (Phi) is 4.65. The molecule has 1 atom stereocenters. The summed E-state index contributed by atoms with van der Waals surface area (Å²) in [6, 6.07) is 3.97. The molecule has 4 heterocycles. The van der Waals surface area contributed by atoms with Crippen LogP contribution in [0.2, 0.25) is 0 Å². The molecular weight excluding hydrogens is 346 g/mol. The molecule has 2 aliphatic rings. The predicted octanol–water partition coefficient (Wildman–Crippen LogP) is 1.72. The van der Waals surface area contributed by atoms with Gasteiger partial charge in [0.25, 0.3) is 5.91 Å². The van der Waals surface area contributed by atoms with E-state index in [9.17, 15) is 4.79 Å². The van der Waals surface area contributed by atoms with Gasteiger partial charge >= 0.3 is 0 Å². The molecule has 8 heteroatoms. The van der Waals surface area contributed by atoms with E-state index in [1.165, 1.54) is 0 Å². The Labute approximate surface area is 157 Å². The Hall–Kier alpha value is -2.74. The molecule has 2 aromatic heterocycles. The van der Waals surface area contributed by atoms with Crippen LogP contribution in [0.5, 0.6) is 0 Å². The van der Waals surface area contributed by atoms with Crippen LogP contribution < -0.4 is 5.32 Å². The summed E-state index contributed by atoms with van der Waals surface area (Å²) in [6.07, 6.45) is 4.71. The van der Waals surface area contributed by atoms with E-state index in [1.54, 1.807) is 12.4 Å². The highest BCUT2D eigenvalue weighted by Gasteiger charge is 2.46. The van der Waals surface area contributed by atoms with Crippen LogP contribution in [0.1, 0.15) is 35.7 Å². The number of carbonyl (C=O) groups excluding carboxylic acids is 1. The van der Waals surface area contributed by atoms with Crippen LogP contribution in [0.15, 0.2) is 34.1 Å². The van der Waals surface area contributed by atoms with Crippen molar-refractivity contribution in [3.05, 3.63) is 47.4 Å². The van der Waals surface area contributed by atoms with Gasteiger partial charge in [-0.25, -0.2) is 0 Å². The van der Waals surface area contributed by atoms with Gasteiger partial charge in [-0.3, -0.25) is 19.7 Å². The molecule has 0 unspecified atom stereocenters. The van der Waals surface area contributed by atoms with E-state index in [4.69, 9.17) is 9.25 Å². The standard InChI is InChI=1S/C19H23N5O3/c1-13-8-21-15(9-20-13)10-22-18(25)17-7-19(27-23-17)5-6-24(12-19)11-16-4-3-14(2)26-16/h3-4,8-9H,5-7,10-12H2,1-2H3,(H,22,25)/t19-/m0/s1. The number of nitrogens with one attached hydrogen (secondary N) is 1. The van der Waals surface area contributed by atoms with Crippen molar-refractivity contribution < 1.29 is 14.0 Å². The maximum Gasteiger partial charge on any atom is 0.269 e. The second-order valence-corrected chi connectivity index (χ2v) is 7.29. The summed E-state index contributed by atoms with van der Waals surface area (Å²) in [5, 5.41) is 6.90. The molecule has 1 amide bonds. The molecule has 2 aromatic rings. The van der Waals surface area contributed by atoms with Crippen LogP contribution in [0, 0.1) is 13.8 Å². The first-order chi connectivity index (χ1) is 13.0. The van der Waals surface area contributed by atoms with Crippen LogP contribution in [0.25, 0.3) is 0 Å². The Morgan fingerprint density at radius 1 is 1.30 bits per heavy atom. The zero-order valence-electron chi connectivity index (χ0n) is 15.6. The van der Waals surface area contributed by atoms with Gasteiger partial charge < -0.3 is 14.6 Å². The lowest BCUT2D eigenvalue weighted by atomic mass is 9.96. The molecule has 8 nitrogen and oxygen atoms in total. The molecule has 1 N–H and O–H groups in total. The molecule has 0 saturated carbocycles. The third-order valence-electron chi connectivity index (χ3n) is 4.94. The fourth-order valence-corrected chi connectivity index (χ4v) is 3.50. The fraction of sp³-hybridized carbons (Fsp3) is 0.474. The Bertz CT molecular complexity index is 860. The van der Waals surface area contributed by atoms with Crippen molar-refractivity contribution in [2.45, 2.75) is 45.4 Å². The maximum absolute atomic E-state index is 12.4. The highest BCUT2D eigenvalue weighted by Crippen LogP contribution is 2.34. The van der Waals surface area contributed by atoms with Gasteiger partial charge in [0.05, 0.1) is 30.7 Å². The summed E-state index contributed by atoms with van der Waals surface area (Å²) >= 11 is 0. The molecule has 4 rings (SSSR count). The van der Waals surface area contributed by atoms with Crippen molar-refractivity contribution in [1.82, 2.24) is 20.2 Å². The molecule has 1 fully saturated rings. The number of hydrogen-bond acceptors (Lipinski definition) is 7. The van der Waals surface area contributed by atoms with Crippen LogP contribution in [0.3, 0.4) is 0 Å². The third-order valence-corrected chi connectivity index (χ3v) is 4.94. The molecule has 2 aliphatic heterocycles. The normalized spacial score (nSPS) is 22.1. The van der Waals surface area contributed by atoms with E-state index >= 15 is 0 Å². The van der Waals surface area contributed by atoms with Crippen LogP contribution in [-0.2, 0) is 22.7 Å². The minimum atomic E-state index is -0.405. The molecule has 0 bridgehead atoms. The molecule has 0 aromatic carbocycles. The number of furan rings is 1. The first-order valence-electron chi connectivity index (χ1n) is 9.10. The second-order valence-electron chi connectivity index (χ2n) is 7.29. The van der Waals surface area contributed by atoms with Gasteiger partial charge in [0.15, 0.2) is 5.60 Å². The van der Waals surface area contributed by atoms with Crippen molar-refractivity contribution in [1.29, 1.82) is 0 Å². The maximum atomic E-state index is 12.4. The minimum Gasteiger partial charge on any atom is -0.465 e. The predicted molar refractivity (Wildman–Crippen MR) is 97.8 cm³/mol. The van der Waals surface area contributed by atoms with Crippen molar-refractivity contribution in [2.24, 2.45) is 5.16 Å². The molecule has 0 aliphatic carbocycles.